The summed E-state index contributed by atoms with van der Waals surface area (Å²) in [7, 11) is -3.43. The van der Waals surface area contributed by atoms with Crippen molar-refractivity contribution in [1.82, 2.24) is 4.31 Å². The number of sulfonamides is 1. The molecular formula is C17H16BrIN2O3S. The summed E-state index contributed by atoms with van der Waals surface area (Å²) >= 11 is 5.58. The highest BCUT2D eigenvalue weighted by Crippen LogP contribution is 2.23. The zero-order valence-electron chi connectivity index (χ0n) is 13.2. The summed E-state index contributed by atoms with van der Waals surface area (Å²) in [6.45, 7) is 1.14. The van der Waals surface area contributed by atoms with Gasteiger partial charge in [-0.2, -0.15) is 4.31 Å². The molecule has 25 heavy (non-hydrogen) atoms. The lowest BCUT2D eigenvalue weighted by Crippen LogP contribution is -2.27. The molecule has 0 unspecified atom stereocenters. The summed E-state index contributed by atoms with van der Waals surface area (Å²) in [6.07, 6.45) is 1.80. The fourth-order valence-corrected chi connectivity index (χ4v) is 4.86. The summed E-state index contributed by atoms with van der Waals surface area (Å²) in [5, 5.41) is 2.78. The van der Waals surface area contributed by atoms with Crippen molar-refractivity contribution >= 4 is 60.1 Å². The first-order chi connectivity index (χ1) is 11.9. The van der Waals surface area contributed by atoms with E-state index in [1.165, 1.54) is 16.4 Å². The normalized spacial score (nSPS) is 15.3. The Morgan fingerprint density at radius 1 is 1.08 bits per heavy atom. The van der Waals surface area contributed by atoms with Crippen LogP contribution >= 0.6 is 38.5 Å². The molecule has 1 aliphatic rings. The van der Waals surface area contributed by atoms with Crippen LogP contribution in [-0.4, -0.2) is 31.7 Å². The van der Waals surface area contributed by atoms with Crippen LogP contribution < -0.4 is 5.32 Å². The Balaban J connectivity index is 1.74. The van der Waals surface area contributed by atoms with Crippen LogP contribution in [0, 0.1) is 3.57 Å². The molecule has 0 bridgehead atoms. The third-order valence-corrected chi connectivity index (χ3v) is 8.25. The summed E-state index contributed by atoms with van der Waals surface area (Å²) in [4.78, 5) is 12.6. The first-order valence-corrected chi connectivity index (χ1v) is 11.1. The smallest absolute Gasteiger partial charge is 0.255 e. The Kier molecular flexibility index (Phi) is 5.81. The number of halogens is 2. The molecule has 1 aliphatic heterocycles. The van der Waals surface area contributed by atoms with E-state index in [1.54, 1.807) is 24.3 Å². The summed E-state index contributed by atoms with van der Waals surface area (Å²) in [5.41, 5.74) is 1.08. The molecule has 2 aromatic rings. The van der Waals surface area contributed by atoms with E-state index < -0.39 is 10.0 Å². The summed E-state index contributed by atoms with van der Waals surface area (Å²) < 4.78 is 28.4. The van der Waals surface area contributed by atoms with Crippen molar-refractivity contribution in [3.05, 3.63) is 56.1 Å². The minimum absolute atomic E-state index is 0.243. The zero-order chi connectivity index (χ0) is 18.0. The molecule has 0 atom stereocenters. The average molecular weight is 535 g/mol. The highest BCUT2D eigenvalue weighted by molar-refractivity contribution is 14.1. The van der Waals surface area contributed by atoms with Gasteiger partial charge >= 0.3 is 0 Å². The van der Waals surface area contributed by atoms with Crippen LogP contribution in [0.2, 0.25) is 0 Å². The van der Waals surface area contributed by atoms with Crippen molar-refractivity contribution < 1.29 is 13.2 Å². The molecule has 132 valence electrons. The van der Waals surface area contributed by atoms with E-state index in [-0.39, 0.29) is 10.8 Å². The molecule has 3 rings (SSSR count). The molecule has 1 heterocycles. The molecule has 0 spiro atoms. The monoisotopic (exact) mass is 534 g/mol. The van der Waals surface area contributed by atoms with Gasteiger partial charge in [-0.25, -0.2) is 8.42 Å². The fraction of sp³-hybridized carbons (Fsp3) is 0.235. The summed E-state index contributed by atoms with van der Waals surface area (Å²) in [5.74, 6) is -0.243. The molecule has 0 saturated carbocycles. The van der Waals surface area contributed by atoms with Crippen LogP contribution in [0.3, 0.4) is 0 Å². The first-order valence-electron chi connectivity index (χ1n) is 7.74. The Morgan fingerprint density at radius 3 is 2.32 bits per heavy atom. The lowest BCUT2D eigenvalue weighted by molar-refractivity contribution is 0.102. The van der Waals surface area contributed by atoms with E-state index in [9.17, 15) is 13.2 Å². The van der Waals surface area contributed by atoms with Crippen molar-refractivity contribution in [2.45, 2.75) is 17.7 Å². The van der Waals surface area contributed by atoms with Crippen molar-refractivity contribution in [1.29, 1.82) is 0 Å². The molecule has 1 amide bonds. The van der Waals surface area contributed by atoms with Gasteiger partial charge in [0.2, 0.25) is 10.0 Å². The van der Waals surface area contributed by atoms with Crippen molar-refractivity contribution in [2.24, 2.45) is 0 Å². The van der Waals surface area contributed by atoms with E-state index in [0.29, 0.717) is 24.3 Å². The predicted molar refractivity (Wildman–Crippen MR) is 109 cm³/mol. The minimum Gasteiger partial charge on any atom is -0.322 e. The van der Waals surface area contributed by atoms with Crippen molar-refractivity contribution in [3.8, 4) is 0 Å². The molecule has 2 aromatic carbocycles. The second kappa shape index (κ2) is 7.73. The highest BCUT2D eigenvalue weighted by atomic mass is 127. The van der Waals surface area contributed by atoms with E-state index in [0.717, 1.165) is 20.9 Å². The molecule has 5 nitrogen and oxygen atoms in total. The zero-order valence-corrected chi connectivity index (χ0v) is 17.8. The number of rotatable bonds is 4. The Labute approximate surface area is 169 Å². The number of hydrogen-bond acceptors (Lipinski definition) is 3. The van der Waals surface area contributed by atoms with Crippen molar-refractivity contribution in [3.63, 3.8) is 0 Å². The van der Waals surface area contributed by atoms with E-state index in [1.807, 2.05) is 6.07 Å². The standard InChI is InChI=1S/C17H16BrIN2O3S/c18-15-11-12(3-8-16(15)19)17(22)20-13-4-6-14(7-5-13)25(23,24)21-9-1-2-10-21/h3-8,11H,1-2,9-10H2,(H,20,22). The maximum Gasteiger partial charge on any atom is 0.255 e. The third kappa shape index (κ3) is 4.24. The van der Waals surface area contributed by atoms with E-state index in [4.69, 9.17) is 0 Å². The number of carbonyl (C=O) groups is 1. The topological polar surface area (TPSA) is 66.5 Å². The molecule has 1 fully saturated rings. The molecule has 0 aliphatic carbocycles. The largest absolute Gasteiger partial charge is 0.322 e. The van der Waals surface area contributed by atoms with Crippen LogP contribution in [0.5, 0.6) is 0 Å². The second-order valence-electron chi connectivity index (χ2n) is 5.72. The quantitative estimate of drug-likeness (QED) is 0.601. The maximum absolute atomic E-state index is 12.5. The molecular weight excluding hydrogens is 519 g/mol. The van der Waals surface area contributed by atoms with Gasteiger partial charge in [0, 0.05) is 32.4 Å². The van der Waals surface area contributed by atoms with Crippen LogP contribution in [0.15, 0.2) is 51.8 Å². The van der Waals surface area contributed by atoms with Gasteiger partial charge in [0.25, 0.3) is 5.91 Å². The van der Waals surface area contributed by atoms with Crippen molar-refractivity contribution in [2.75, 3.05) is 18.4 Å². The lowest BCUT2D eigenvalue weighted by atomic mass is 10.2. The molecule has 1 saturated heterocycles. The predicted octanol–water partition coefficient (Wildman–Crippen LogP) is 4.09. The molecule has 1 N–H and O–H groups in total. The van der Waals surface area contributed by atoms with Gasteiger partial charge in [0.15, 0.2) is 0 Å². The number of anilines is 1. The van der Waals surface area contributed by atoms with Gasteiger partial charge in [-0.1, -0.05) is 0 Å². The lowest BCUT2D eigenvalue weighted by Gasteiger charge is -2.15. The Hall–Kier alpha value is -0.970. The fourth-order valence-electron chi connectivity index (χ4n) is 2.63. The Morgan fingerprint density at radius 2 is 1.72 bits per heavy atom. The minimum atomic E-state index is -3.43. The maximum atomic E-state index is 12.5. The van der Waals surface area contributed by atoms with Gasteiger partial charge in [-0.15, -0.1) is 0 Å². The number of nitrogens with one attached hydrogen (secondary N) is 1. The summed E-state index contributed by atoms with van der Waals surface area (Å²) in [6, 6.07) is 11.6. The highest BCUT2D eigenvalue weighted by Gasteiger charge is 2.26. The van der Waals surface area contributed by atoms with E-state index >= 15 is 0 Å². The molecule has 8 heteroatoms. The number of hydrogen-bond donors (Lipinski definition) is 1. The van der Waals surface area contributed by atoms with Crippen LogP contribution in [0.4, 0.5) is 5.69 Å². The molecule has 0 aromatic heterocycles. The number of carbonyl (C=O) groups excluding carboxylic acids is 1. The second-order valence-corrected chi connectivity index (χ2v) is 9.67. The first kappa shape index (κ1) is 18.8. The van der Waals surface area contributed by atoms with Crippen LogP contribution in [0.25, 0.3) is 0 Å². The van der Waals surface area contributed by atoms with E-state index in [2.05, 4.69) is 43.8 Å². The third-order valence-electron chi connectivity index (χ3n) is 4.00. The van der Waals surface area contributed by atoms with Gasteiger partial charge in [-0.05, 0) is 93.8 Å². The molecule has 0 radical (unpaired) electrons. The van der Waals surface area contributed by atoms with Gasteiger partial charge in [-0.3, -0.25) is 4.79 Å². The van der Waals surface area contributed by atoms with Crippen LogP contribution in [-0.2, 0) is 10.0 Å². The Bertz CT molecular complexity index is 895. The van der Waals surface area contributed by atoms with Crippen LogP contribution in [0.1, 0.15) is 23.2 Å². The van der Waals surface area contributed by atoms with Gasteiger partial charge in [0.05, 0.1) is 4.90 Å². The number of amides is 1. The number of benzene rings is 2. The average Bonchev–Trinajstić information content (AvgIpc) is 3.13. The SMILES string of the molecule is O=C(Nc1ccc(S(=O)(=O)N2CCCC2)cc1)c1ccc(I)c(Br)c1. The number of nitrogens with zero attached hydrogens (tertiary/aromatic N) is 1. The van der Waals surface area contributed by atoms with Gasteiger partial charge < -0.3 is 5.32 Å². The van der Waals surface area contributed by atoms with Gasteiger partial charge in [0.1, 0.15) is 0 Å².